The largest absolute Gasteiger partial charge is 0.376 e. The first-order chi connectivity index (χ1) is 12.7. The third-order valence-electron chi connectivity index (χ3n) is 4.83. The molecule has 0 aliphatic carbocycles. The van der Waals surface area contributed by atoms with E-state index in [0.717, 1.165) is 63.7 Å². The molecule has 0 radical (unpaired) electrons. The van der Waals surface area contributed by atoms with Crippen LogP contribution >= 0.6 is 0 Å². The van der Waals surface area contributed by atoms with E-state index < -0.39 is 0 Å². The highest BCUT2D eigenvalue weighted by atomic mass is 16.5. The lowest BCUT2D eigenvalue weighted by atomic mass is 10.1. The number of nitrogens with one attached hydrogen (secondary N) is 2. The van der Waals surface area contributed by atoms with Gasteiger partial charge in [0.15, 0.2) is 5.96 Å². The Hall–Kier alpha value is -1.63. The van der Waals surface area contributed by atoms with E-state index >= 15 is 0 Å². The van der Waals surface area contributed by atoms with Crippen LogP contribution in [0.1, 0.15) is 65.1 Å². The molecule has 148 valence electrons. The van der Waals surface area contributed by atoms with Gasteiger partial charge in [0.25, 0.3) is 0 Å². The summed E-state index contributed by atoms with van der Waals surface area (Å²) in [6.07, 6.45) is 10.2. The number of nitrogens with zero attached hydrogens (tertiary/aromatic N) is 4. The maximum absolute atomic E-state index is 5.80. The Morgan fingerprint density at radius 2 is 2.27 bits per heavy atom. The molecule has 1 aliphatic rings. The Labute approximate surface area is 158 Å². The maximum Gasteiger partial charge on any atom is 0.191 e. The average Bonchev–Trinajstić information content (AvgIpc) is 3.32. The summed E-state index contributed by atoms with van der Waals surface area (Å²) in [6.45, 7) is 9.88. The summed E-state index contributed by atoms with van der Waals surface area (Å²) in [4.78, 5) is 4.77. The molecule has 0 bridgehead atoms. The van der Waals surface area contributed by atoms with Gasteiger partial charge in [0.05, 0.1) is 12.1 Å². The van der Waals surface area contributed by atoms with Crippen molar-refractivity contribution in [3.63, 3.8) is 0 Å². The quantitative estimate of drug-likeness (QED) is 0.358. The first-order valence-electron chi connectivity index (χ1n) is 10.3. The Morgan fingerprint density at radius 1 is 1.38 bits per heavy atom. The van der Waals surface area contributed by atoms with E-state index in [9.17, 15) is 0 Å². The summed E-state index contributed by atoms with van der Waals surface area (Å²) >= 11 is 0. The van der Waals surface area contributed by atoms with Gasteiger partial charge in [-0.15, -0.1) is 10.2 Å². The van der Waals surface area contributed by atoms with Crippen LogP contribution in [0.2, 0.25) is 0 Å². The van der Waals surface area contributed by atoms with Crippen molar-refractivity contribution in [3.8, 4) is 0 Å². The number of rotatable bonds is 11. The summed E-state index contributed by atoms with van der Waals surface area (Å²) in [7, 11) is 0. The molecule has 1 saturated heterocycles. The Bertz CT molecular complexity index is 524. The van der Waals surface area contributed by atoms with E-state index in [0.29, 0.717) is 0 Å². The minimum absolute atomic E-state index is 0.264. The molecular weight excluding hydrogens is 328 g/mol. The predicted octanol–water partition coefficient (Wildman–Crippen LogP) is 2.52. The van der Waals surface area contributed by atoms with Crippen LogP contribution in [0.3, 0.4) is 0 Å². The molecule has 0 spiro atoms. The van der Waals surface area contributed by atoms with Crippen LogP contribution in [0.4, 0.5) is 0 Å². The number of hydrogen-bond donors (Lipinski definition) is 2. The van der Waals surface area contributed by atoms with Crippen LogP contribution in [-0.4, -0.2) is 52.6 Å². The van der Waals surface area contributed by atoms with Crippen LogP contribution in [-0.2, 0) is 17.7 Å². The number of ether oxygens (including phenoxy) is 1. The number of aliphatic imine (C=N–C) groups is 1. The second kappa shape index (κ2) is 11.9. The van der Waals surface area contributed by atoms with Gasteiger partial charge in [-0.25, -0.2) is 0 Å². The molecule has 1 aromatic rings. The number of guanidine groups is 1. The number of aryl methyl sites for hydroxylation is 1. The minimum Gasteiger partial charge on any atom is -0.376 e. The van der Waals surface area contributed by atoms with E-state index in [-0.39, 0.29) is 12.1 Å². The molecule has 0 saturated carbocycles. The molecule has 2 atom stereocenters. The topological polar surface area (TPSA) is 76.4 Å². The highest BCUT2D eigenvalue weighted by molar-refractivity contribution is 5.80. The van der Waals surface area contributed by atoms with Gasteiger partial charge in [-0.05, 0) is 26.2 Å². The summed E-state index contributed by atoms with van der Waals surface area (Å²) in [5, 5.41) is 15.1. The summed E-state index contributed by atoms with van der Waals surface area (Å²) in [5.74, 6) is 1.90. The van der Waals surface area contributed by atoms with E-state index in [2.05, 4.69) is 46.2 Å². The van der Waals surface area contributed by atoms with Gasteiger partial charge >= 0.3 is 0 Å². The Balaban J connectivity index is 1.83. The van der Waals surface area contributed by atoms with Crippen molar-refractivity contribution in [1.82, 2.24) is 25.4 Å². The summed E-state index contributed by atoms with van der Waals surface area (Å²) in [6, 6.07) is 0.264. The van der Waals surface area contributed by atoms with Crippen LogP contribution < -0.4 is 10.6 Å². The van der Waals surface area contributed by atoms with Crippen molar-refractivity contribution < 1.29 is 4.74 Å². The van der Waals surface area contributed by atoms with Gasteiger partial charge in [-0.1, -0.05) is 33.1 Å². The fourth-order valence-electron chi connectivity index (χ4n) is 3.22. The van der Waals surface area contributed by atoms with Gasteiger partial charge < -0.3 is 19.9 Å². The Kier molecular flexibility index (Phi) is 9.45. The van der Waals surface area contributed by atoms with Gasteiger partial charge in [0.2, 0.25) is 0 Å². The van der Waals surface area contributed by atoms with E-state index in [1.54, 1.807) is 6.33 Å². The normalized spacial score (nSPS) is 18.9. The Morgan fingerprint density at radius 3 is 3.00 bits per heavy atom. The third kappa shape index (κ3) is 6.94. The number of unbranched alkanes of at least 4 members (excludes halogenated alkanes) is 3. The smallest absolute Gasteiger partial charge is 0.191 e. The molecule has 2 rings (SSSR count). The monoisotopic (exact) mass is 364 g/mol. The molecule has 26 heavy (non-hydrogen) atoms. The maximum atomic E-state index is 5.80. The van der Waals surface area contributed by atoms with Crippen LogP contribution in [0.5, 0.6) is 0 Å². The van der Waals surface area contributed by atoms with Gasteiger partial charge in [-0.2, -0.15) is 0 Å². The lowest BCUT2D eigenvalue weighted by Gasteiger charge is -2.23. The molecule has 2 N–H and O–H groups in total. The molecule has 7 nitrogen and oxygen atoms in total. The summed E-state index contributed by atoms with van der Waals surface area (Å²) in [5.41, 5.74) is 0. The van der Waals surface area contributed by atoms with Crippen molar-refractivity contribution in [2.24, 2.45) is 4.99 Å². The lowest BCUT2D eigenvalue weighted by molar-refractivity contribution is 0.0890. The van der Waals surface area contributed by atoms with E-state index in [1.165, 1.54) is 19.3 Å². The third-order valence-corrected chi connectivity index (χ3v) is 4.83. The molecule has 0 aromatic carbocycles. The van der Waals surface area contributed by atoms with Crippen molar-refractivity contribution in [2.75, 3.05) is 19.7 Å². The second-order valence-corrected chi connectivity index (χ2v) is 7.00. The zero-order valence-corrected chi connectivity index (χ0v) is 16.7. The van der Waals surface area contributed by atoms with Gasteiger partial charge in [0.1, 0.15) is 12.2 Å². The molecule has 1 aliphatic heterocycles. The minimum atomic E-state index is 0.264. The number of hydrogen-bond acceptors (Lipinski definition) is 4. The van der Waals surface area contributed by atoms with Crippen LogP contribution in [0.25, 0.3) is 0 Å². The fraction of sp³-hybridized carbons (Fsp3) is 0.842. The number of aromatic nitrogens is 3. The van der Waals surface area contributed by atoms with Crippen LogP contribution in [0.15, 0.2) is 11.3 Å². The van der Waals surface area contributed by atoms with Crippen molar-refractivity contribution in [1.29, 1.82) is 0 Å². The van der Waals surface area contributed by atoms with Gasteiger partial charge in [-0.3, -0.25) is 4.99 Å². The molecule has 7 heteroatoms. The predicted molar refractivity (Wildman–Crippen MR) is 105 cm³/mol. The van der Waals surface area contributed by atoms with E-state index in [1.807, 2.05) is 0 Å². The summed E-state index contributed by atoms with van der Waals surface area (Å²) < 4.78 is 7.89. The van der Waals surface area contributed by atoms with Crippen LogP contribution in [0, 0.1) is 0 Å². The highest BCUT2D eigenvalue weighted by Gasteiger charge is 2.23. The van der Waals surface area contributed by atoms with E-state index in [4.69, 9.17) is 9.73 Å². The average molecular weight is 365 g/mol. The zero-order chi connectivity index (χ0) is 18.6. The highest BCUT2D eigenvalue weighted by Crippen LogP contribution is 2.15. The molecule has 1 fully saturated rings. The van der Waals surface area contributed by atoms with Crippen molar-refractivity contribution >= 4 is 5.96 Å². The SMILES string of the molecule is CCCCCCN=C(NCCn1cnnc1CC)NC(C)C1CCCO1. The molecular formula is C19H36N6O. The molecule has 1 aromatic heterocycles. The van der Waals surface area contributed by atoms with Gasteiger partial charge in [0, 0.05) is 32.7 Å². The molecule has 2 heterocycles. The lowest BCUT2D eigenvalue weighted by Crippen LogP contribution is -2.47. The first kappa shape index (κ1) is 20.7. The second-order valence-electron chi connectivity index (χ2n) is 7.00. The standard InChI is InChI=1S/C19H36N6O/c1-4-6-7-8-11-20-19(23-16(3)17-10-9-14-26-17)21-12-13-25-15-22-24-18(25)5-2/h15-17H,4-14H2,1-3H3,(H2,20,21,23). The van der Waals surface area contributed by atoms with Crippen molar-refractivity contribution in [2.45, 2.75) is 84.4 Å². The first-order valence-corrected chi connectivity index (χ1v) is 10.3. The zero-order valence-electron chi connectivity index (χ0n) is 16.7. The molecule has 0 amide bonds. The van der Waals surface area contributed by atoms with Crippen molar-refractivity contribution in [3.05, 3.63) is 12.2 Å². The molecule has 2 unspecified atom stereocenters. The fourth-order valence-corrected chi connectivity index (χ4v) is 3.22.